The van der Waals surface area contributed by atoms with Crippen LogP contribution in [0, 0.1) is 13.8 Å². The molecule has 2 rings (SSSR count). The van der Waals surface area contributed by atoms with Gasteiger partial charge < -0.3 is 9.64 Å². The number of morpholine rings is 1. The maximum atomic E-state index is 12.3. The van der Waals surface area contributed by atoms with Crippen molar-refractivity contribution in [3.8, 4) is 0 Å². The first-order chi connectivity index (χ1) is 9.38. The van der Waals surface area contributed by atoms with Gasteiger partial charge in [-0.05, 0) is 32.5 Å². The quantitative estimate of drug-likeness (QED) is 0.898. The Morgan fingerprint density at radius 2 is 2.15 bits per heavy atom. The number of aryl methyl sites for hydroxylation is 2. The lowest BCUT2D eigenvalue weighted by Gasteiger charge is -2.30. The van der Waals surface area contributed by atoms with Crippen LogP contribution in [0.4, 0.5) is 0 Å². The molecule has 0 radical (unpaired) electrons. The summed E-state index contributed by atoms with van der Waals surface area (Å²) in [7, 11) is -1.47. The predicted molar refractivity (Wildman–Crippen MR) is 78.3 cm³/mol. The van der Waals surface area contributed by atoms with Gasteiger partial charge >= 0.3 is 0 Å². The summed E-state index contributed by atoms with van der Waals surface area (Å²) in [4.78, 5) is 2.48. The van der Waals surface area contributed by atoms with Gasteiger partial charge in [-0.2, -0.15) is 0 Å². The van der Waals surface area contributed by atoms with Gasteiger partial charge in [-0.3, -0.25) is 0 Å². The van der Waals surface area contributed by atoms with E-state index in [4.69, 9.17) is 4.74 Å². The number of likely N-dealkylation sites (N-methyl/N-ethyl adjacent to an activating group) is 1. The lowest BCUT2D eigenvalue weighted by Crippen LogP contribution is -2.45. The smallest absolute Gasteiger partial charge is 0.240 e. The SMILES string of the molecule is Cc1ccc(S(=O)(=O)NCC2CN(C)CCO2)c(C)c1. The molecule has 0 saturated carbocycles. The molecule has 6 heteroatoms. The number of hydrogen-bond donors (Lipinski definition) is 1. The lowest BCUT2D eigenvalue weighted by atomic mass is 10.2. The Hall–Kier alpha value is -0.950. The van der Waals surface area contributed by atoms with Crippen LogP contribution in [-0.4, -0.2) is 52.7 Å². The minimum atomic E-state index is -3.47. The van der Waals surface area contributed by atoms with Crippen LogP contribution in [0.5, 0.6) is 0 Å². The fraction of sp³-hybridized carbons (Fsp3) is 0.571. The van der Waals surface area contributed by atoms with E-state index >= 15 is 0 Å². The molecule has 1 N–H and O–H groups in total. The normalized spacial score (nSPS) is 21.1. The van der Waals surface area contributed by atoms with Crippen molar-refractivity contribution in [2.75, 3.05) is 33.3 Å². The number of nitrogens with one attached hydrogen (secondary N) is 1. The van der Waals surface area contributed by atoms with Crippen molar-refractivity contribution in [2.45, 2.75) is 24.8 Å². The maximum Gasteiger partial charge on any atom is 0.240 e. The van der Waals surface area contributed by atoms with Gasteiger partial charge in [-0.1, -0.05) is 17.7 Å². The highest BCUT2D eigenvalue weighted by molar-refractivity contribution is 7.89. The Morgan fingerprint density at radius 3 is 2.80 bits per heavy atom. The van der Waals surface area contributed by atoms with Gasteiger partial charge in [-0.15, -0.1) is 0 Å². The molecule has 20 heavy (non-hydrogen) atoms. The Kier molecular flexibility index (Phi) is 4.80. The van der Waals surface area contributed by atoms with Crippen LogP contribution in [-0.2, 0) is 14.8 Å². The van der Waals surface area contributed by atoms with E-state index in [0.29, 0.717) is 18.0 Å². The average molecular weight is 298 g/mol. The first-order valence-corrected chi connectivity index (χ1v) is 8.24. The van der Waals surface area contributed by atoms with E-state index in [0.717, 1.165) is 24.2 Å². The standard InChI is InChI=1S/C14H22N2O3S/c1-11-4-5-14(12(2)8-11)20(17,18)15-9-13-10-16(3)6-7-19-13/h4-5,8,13,15H,6-7,9-10H2,1-3H3. The number of sulfonamides is 1. The van der Waals surface area contributed by atoms with E-state index in [1.165, 1.54) is 0 Å². The highest BCUT2D eigenvalue weighted by atomic mass is 32.2. The molecule has 0 spiro atoms. The molecule has 5 nitrogen and oxygen atoms in total. The zero-order valence-electron chi connectivity index (χ0n) is 12.2. The molecule has 1 aromatic carbocycles. The topological polar surface area (TPSA) is 58.6 Å². The third kappa shape index (κ3) is 3.79. The van der Waals surface area contributed by atoms with E-state index in [9.17, 15) is 8.42 Å². The molecular weight excluding hydrogens is 276 g/mol. The third-order valence-electron chi connectivity index (χ3n) is 3.46. The lowest BCUT2D eigenvalue weighted by molar-refractivity contribution is -0.0156. The highest BCUT2D eigenvalue weighted by Gasteiger charge is 2.22. The molecule has 1 heterocycles. The molecule has 1 unspecified atom stereocenters. The van der Waals surface area contributed by atoms with Crippen LogP contribution in [0.3, 0.4) is 0 Å². The van der Waals surface area contributed by atoms with Gasteiger partial charge in [0.05, 0.1) is 17.6 Å². The van der Waals surface area contributed by atoms with Crippen molar-refractivity contribution in [3.05, 3.63) is 29.3 Å². The second-order valence-corrected chi connectivity index (χ2v) is 7.11. The molecule has 1 aliphatic heterocycles. The maximum absolute atomic E-state index is 12.3. The summed E-state index contributed by atoms with van der Waals surface area (Å²) >= 11 is 0. The summed E-state index contributed by atoms with van der Waals surface area (Å²) in [6.07, 6.45) is -0.0886. The fourth-order valence-corrected chi connectivity index (χ4v) is 3.66. The molecule has 1 aromatic rings. The first-order valence-electron chi connectivity index (χ1n) is 6.75. The summed E-state index contributed by atoms with van der Waals surface area (Å²) in [5.74, 6) is 0. The highest BCUT2D eigenvalue weighted by Crippen LogP contribution is 2.16. The minimum Gasteiger partial charge on any atom is -0.374 e. The van der Waals surface area contributed by atoms with Crippen LogP contribution in [0.25, 0.3) is 0 Å². The van der Waals surface area contributed by atoms with Gasteiger partial charge in [0.2, 0.25) is 10.0 Å². The van der Waals surface area contributed by atoms with Crippen molar-refractivity contribution in [1.29, 1.82) is 0 Å². The van der Waals surface area contributed by atoms with Crippen molar-refractivity contribution in [2.24, 2.45) is 0 Å². The molecule has 1 aliphatic rings. The van der Waals surface area contributed by atoms with Gasteiger partial charge in [0.1, 0.15) is 0 Å². The van der Waals surface area contributed by atoms with Gasteiger partial charge in [0, 0.05) is 19.6 Å². The zero-order valence-corrected chi connectivity index (χ0v) is 13.0. The van der Waals surface area contributed by atoms with E-state index in [1.807, 2.05) is 33.0 Å². The van der Waals surface area contributed by atoms with Crippen molar-refractivity contribution in [3.63, 3.8) is 0 Å². The van der Waals surface area contributed by atoms with Gasteiger partial charge in [0.25, 0.3) is 0 Å². The monoisotopic (exact) mass is 298 g/mol. The second kappa shape index (κ2) is 6.22. The van der Waals surface area contributed by atoms with E-state index in [-0.39, 0.29) is 6.10 Å². The Morgan fingerprint density at radius 1 is 1.40 bits per heavy atom. The molecule has 0 amide bonds. The average Bonchev–Trinajstić information content (AvgIpc) is 2.36. The molecule has 1 fully saturated rings. The Bertz CT molecular complexity index is 572. The summed E-state index contributed by atoms with van der Waals surface area (Å²) in [6, 6.07) is 5.34. The van der Waals surface area contributed by atoms with E-state index < -0.39 is 10.0 Å². The van der Waals surface area contributed by atoms with Gasteiger partial charge in [0.15, 0.2) is 0 Å². The van der Waals surface area contributed by atoms with Crippen molar-refractivity contribution >= 4 is 10.0 Å². The summed E-state index contributed by atoms with van der Waals surface area (Å²) in [5, 5.41) is 0. The summed E-state index contributed by atoms with van der Waals surface area (Å²) < 4.78 is 32.8. The van der Waals surface area contributed by atoms with Gasteiger partial charge in [-0.25, -0.2) is 13.1 Å². The number of benzene rings is 1. The fourth-order valence-electron chi connectivity index (χ4n) is 2.37. The predicted octanol–water partition coefficient (Wildman–Crippen LogP) is 0.912. The Labute approximate surface area is 121 Å². The van der Waals surface area contributed by atoms with Crippen LogP contribution >= 0.6 is 0 Å². The molecular formula is C14H22N2O3S. The van der Waals surface area contributed by atoms with E-state index in [2.05, 4.69) is 9.62 Å². The first kappa shape index (κ1) is 15.4. The third-order valence-corrected chi connectivity index (χ3v) is 5.05. The largest absolute Gasteiger partial charge is 0.374 e. The second-order valence-electron chi connectivity index (χ2n) is 5.38. The van der Waals surface area contributed by atoms with Crippen molar-refractivity contribution in [1.82, 2.24) is 9.62 Å². The number of hydrogen-bond acceptors (Lipinski definition) is 4. The Balaban J connectivity index is 2.03. The van der Waals surface area contributed by atoms with Crippen LogP contribution < -0.4 is 4.72 Å². The number of rotatable bonds is 4. The van der Waals surface area contributed by atoms with Crippen LogP contribution in [0.1, 0.15) is 11.1 Å². The van der Waals surface area contributed by atoms with E-state index in [1.54, 1.807) is 6.07 Å². The summed E-state index contributed by atoms with van der Waals surface area (Å²) in [6.45, 7) is 6.34. The molecule has 1 saturated heterocycles. The van der Waals surface area contributed by atoms with Crippen LogP contribution in [0.15, 0.2) is 23.1 Å². The van der Waals surface area contributed by atoms with Crippen molar-refractivity contribution < 1.29 is 13.2 Å². The summed E-state index contributed by atoms with van der Waals surface area (Å²) in [5.41, 5.74) is 1.82. The molecule has 0 bridgehead atoms. The zero-order chi connectivity index (χ0) is 14.8. The minimum absolute atomic E-state index is 0.0886. The molecule has 0 aliphatic carbocycles. The number of nitrogens with zero attached hydrogens (tertiary/aromatic N) is 1. The number of ether oxygens (including phenoxy) is 1. The molecule has 112 valence electrons. The molecule has 0 aromatic heterocycles. The molecule has 1 atom stereocenters. The van der Waals surface area contributed by atoms with Crippen LogP contribution in [0.2, 0.25) is 0 Å².